The summed E-state index contributed by atoms with van der Waals surface area (Å²) in [5.41, 5.74) is 14.5. The second-order valence-corrected chi connectivity index (χ2v) is 9.73. The minimum absolute atomic E-state index is 0.0137. The Labute approximate surface area is 209 Å². The standard InChI is InChI=1S/C26H31ClFN5O2/c1-14-19(24-25(30)31-13-22(32-24)16-5-3-7-18(34)11-16)8-9-20(23(14)28)26(35)33-21(12-29)15-4-2-6-17(27)10-15/h2,4,6,8-10,13-14,16,18,21,23,34H,3,5,7,11-12,29H2,1H3,(H2,30,31)(H,33,35)/t14?,16?,18?,21-,23?/m1/s1. The van der Waals surface area contributed by atoms with Crippen LogP contribution in [0.2, 0.25) is 5.02 Å². The van der Waals surface area contributed by atoms with Gasteiger partial charge in [-0.25, -0.2) is 14.4 Å². The Morgan fingerprint density at radius 1 is 1.34 bits per heavy atom. The van der Waals surface area contributed by atoms with Crippen molar-refractivity contribution in [3.8, 4) is 0 Å². The lowest BCUT2D eigenvalue weighted by Crippen LogP contribution is -2.38. The van der Waals surface area contributed by atoms with E-state index in [1.54, 1.807) is 37.4 Å². The van der Waals surface area contributed by atoms with Crippen molar-refractivity contribution in [3.05, 3.63) is 70.2 Å². The summed E-state index contributed by atoms with van der Waals surface area (Å²) in [7, 11) is 0. The number of anilines is 1. The number of nitrogens with one attached hydrogen (secondary N) is 1. The number of alkyl halides is 1. The van der Waals surface area contributed by atoms with Crippen LogP contribution in [0.15, 0.2) is 48.2 Å². The van der Waals surface area contributed by atoms with Crippen LogP contribution in [0.5, 0.6) is 0 Å². The molecule has 4 rings (SSSR count). The van der Waals surface area contributed by atoms with Crippen LogP contribution in [0.25, 0.3) is 5.57 Å². The number of aliphatic hydroxyl groups excluding tert-OH is 1. The molecule has 2 aliphatic carbocycles. The molecule has 9 heteroatoms. The molecule has 186 valence electrons. The van der Waals surface area contributed by atoms with Gasteiger partial charge in [-0.1, -0.05) is 49.2 Å². The third-order valence-corrected chi connectivity index (χ3v) is 7.12. The Kier molecular flexibility index (Phi) is 7.84. The van der Waals surface area contributed by atoms with E-state index in [0.717, 1.165) is 30.5 Å². The molecule has 2 aliphatic rings. The summed E-state index contributed by atoms with van der Waals surface area (Å²) >= 11 is 6.06. The van der Waals surface area contributed by atoms with E-state index in [1.807, 2.05) is 6.07 Å². The number of rotatable bonds is 6. The van der Waals surface area contributed by atoms with E-state index < -0.39 is 24.0 Å². The van der Waals surface area contributed by atoms with Crippen LogP contribution >= 0.6 is 11.6 Å². The van der Waals surface area contributed by atoms with Crippen LogP contribution in [0.3, 0.4) is 0 Å². The Balaban J connectivity index is 1.58. The van der Waals surface area contributed by atoms with Crippen molar-refractivity contribution >= 4 is 28.9 Å². The summed E-state index contributed by atoms with van der Waals surface area (Å²) in [5, 5.41) is 13.4. The first-order chi connectivity index (χ1) is 16.8. The van der Waals surface area contributed by atoms with Crippen molar-refractivity contribution in [2.24, 2.45) is 11.7 Å². The summed E-state index contributed by atoms with van der Waals surface area (Å²) in [4.78, 5) is 22.0. The van der Waals surface area contributed by atoms with E-state index in [4.69, 9.17) is 28.1 Å². The highest BCUT2D eigenvalue weighted by molar-refractivity contribution is 6.30. The van der Waals surface area contributed by atoms with Gasteiger partial charge in [0, 0.05) is 23.4 Å². The van der Waals surface area contributed by atoms with Gasteiger partial charge in [0.25, 0.3) is 5.91 Å². The predicted molar refractivity (Wildman–Crippen MR) is 135 cm³/mol. The van der Waals surface area contributed by atoms with Crippen molar-refractivity contribution < 1.29 is 14.3 Å². The monoisotopic (exact) mass is 499 g/mol. The quantitative estimate of drug-likeness (QED) is 0.478. The molecular weight excluding hydrogens is 469 g/mol. The maximum Gasteiger partial charge on any atom is 0.250 e. The molecule has 7 nitrogen and oxygen atoms in total. The molecule has 1 saturated carbocycles. The number of carbonyl (C=O) groups is 1. The van der Waals surface area contributed by atoms with Crippen molar-refractivity contribution in [3.63, 3.8) is 0 Å². The molecule has 4 unspecified atom stereocenters. The molecule has 1 heterocycles. The molecule has 5 atom stereocenters. The van der Waals surface area contributed by atoms with Crippen molar-refractivity contribution in [1.82, 2.24) is 15.3 Å². The normalized spacial score (nSPS) is 25.4. The van der Waals surface area contributed by atoms with Gasteiger partial charge < -0.3 is 21.9 Å². The fourth-order valence-electron chi connectivity index (χ4n) is 4.84. The van der Waals surface area contributed by atoms with Crippen molar-refractivity contribution in [1.29, 1.82) is 0 Å². The molecule has 1 amide bonds. The van der Waals surface area contributed by atoms with E-state index in [1.165, 1.54) is 6.08 Å². The summed E-state index contributed by atoms with van der Waals surface area (Å²) in [6.45, 7) is 1.84. The zero-order valence-corrected chi connectivity index (χ0v) is 20.4. The molecule has 0 spiro atoms. The highest BCUT2D eigenvalue weighted by Crippen LogP contribution is 2.38. The fraction of sp³-hybridized carbons (Fsp3) is 0.423. The van der Waals surface area contributed by atoms with Gasteiger partial charge in [0.1, 0.15) is 17.7 Å². The van der Waals surface area contributed by atoms with Crippen LogP contribution in [-0.2, 0) is 4.79 Å². The number of allylic oxidation sites excluding steroid dienone is 3. The zero-order chi connectivity index (χ0) is 25.1. The molecule has 0 aliphatic heterocycles. The maximum absolute atomic E-state index is 15.5. The van der Waals surface area contributed by atoms with Gasteiger partial charge in [0.2, 0.25) is 0 Å². The maximum atomic E-state index is 15.5. The Morgan fingerprint density at radius 3 is 2.86 bits per heavy atom. The molecule has 6 N–H and O–H groups in total. The number of nitrogen functional groups attached to an aromatic ring is 1. The van der Waals surface area contributed by atoms with Gasteiger partial charge in [0.05, 0.1) is 29.6 Å². The molecule has 0 bridgehead atoms. The summed E-state index contributed by atoms with van der Waals surface area (Å²) < 4.78 is 15.5. The van der Waals surface area contributed by atoms with Crippen LogP contribution in [0.1, 0.15) is 61.5 Å². The number of amides is 1. The minimum Gasteiger partial charge on any atom is -0.393 e. The molecule has 2 aromatic rings. The average Bonchev–Trinajstić information content (AvgIpc) is 2.84. The third kappa shape index (κ3) is 5.55. The van der Waals surface area contributed by atoms with Crippen LogP contribution in [-0.4, -0.2) is 39.8 Å². The van der Waals surface area contributed by atoms with Gasteiger partial charge in [-0.05, 0) is 42.5 Å². The molecule has 0 radical (unpaired) electrons. The lowest BCUT2D eigenvalue weighted by atomic mass is 9.83. The topological polar surface area (TPSA) is 127 Å². The SMILES string of the molecule is CC1C(c2nc(C3CCCC(O)C3)cnc2N)=CC=C(C(=O)N[C@H](CN)c2cccc(Cl)c2)C1F. The zero-order valence-electron chi connectivity index (χ0n) is 19.6. The number of hydrogen-bond donors (Lipinski definition) is 4. The van der Waals surface area contributed by atoms with Crippen LogP contribution in [0, 0.1) is 5.92 Å². The fourth-order valence-corrected chi connectivity index (χ4v) is 5.04. The van der Waals surface area contributed by atoms with Gasteiger partial charge in [0.15, 0.2) is 0 Å². The molecule has 1 aromatic heterocycles. The van der Waals surface area contributed by atoms with E-state index in [2.05, 4.69) is 10.3 Å². The molecular formula is C26H31ClFN5O2. The lowest BCUT2D eigenvalue weighted by Gasteiger charge is -2.28. The summed E-state index contributed by atoms with van der Waals surface area (Å²) in [6.07, 6.45) is 6.12. The number of nitrogens with two attached hydrogens (primary N) is 2. The van der Waals surface area contributed by atoms with E-state index in [-0.39, 0.29) is 30.0 Å². The third-order valence-electron chi connectivity index (χ3n) is 6.88. The number of aliphatic hydroxyl groups is 1. The molecule has 1 fully saturated rings. The molecule has 0 saturated heterocycles. The number of hydrogen-bond acceptors (Lipinski definition) is 6. The van der Waals surface area contributed by atoms with Gasteiger partial charge in [-0.3, -0.25) is 4.79 Å². The first kappa shape index (κ1) is 25.3. The minimum atomic E-state index is -1.56. The Bertz CT molecular complexity index is 1150. The summed E-state index contributed by atoms with van der Waals surface area (Å²) in [6, 6.07) is 6.54. The van der Waals surface area contributed by atoms with Crippen LogP contribution < -0.4 is 16.8 Å². The Morgan fingerprint density at radius 2 is 2.14 bits per heavy atom. The second-order valence-electron chi connectivity index (χ2n) is 9.30. The van der Waals surface area contributed by atoms with E-state index in [9.17, 15) is 9.90 Å². The number of aromatic nitrogens is 2. The van der Waals surface area contributed by atoms with E-state index >= 15 is 4.39 Å². The second kappa shape index (κ2) is 10.8. The van der Waals surface area contributed by atoms with Crippen molar-refractivity contribution in [2.75, 3.05) is 12.3 Å². The number of carbonyl (C=O) groups excluding carboxylic acids is 1. The van der Waals surface area contributed by atoms with E-state index in [0.29, 0.717) is 22.7 Å². The highest BCUT2D eigenvalue weighted by Gasteiger charge is 2.34. The lowest BCUT2D eigenvalue weighted by molar-refractivity contribution is -0.118. The van der Waals surface area contributed by atoms with Gasteiger partial charge >= 0.3 is 0 Å². The largest absolute Gasteiger partial charge is 0.393 e. The number of benzene rings is 1. The summed E-state index contributed by atoms with van der Waals surface area (Å²) in [5.74, 6) is -0.894. The van der Waals surface area contributed by atoms with Crippen molar-refractivity contribution in [2.45, 2.75) is 56.8 Å². The van der Waals surface area contributed by atoms with Crippen LogP contribution in [0.4, 0.5) is 10.2 Å². The highest BCUT2D eigenvalue weighted by atomic mass is 35.5. The Hall–Kier alpha value is -2.81. The average molecular weight is 500 g/mol. The number of halogens is 2. The molecule has 35 heavy (non-hydrogen) atoms. The van der Waals surface area contributed by atoms with Gasteiger partial charge in [-0.2, -0.15) is 0 Å². The first-order valence-corrected chi connectivity index (χ1v) is 12.3. The molecule has 1 aromatic carbocycles. The smallest absolute Gasteiger partial charge is 0.250 e. The van der Waals surface area contributed by atoms with Gasteiger partial charge in [-0.15, -0.1) is 0 Å². The number of nitrogens with zero attached hydrogens (tertiary/aromatic N) is 2. The predicted octanol–water partition coefficient (Wildman–Crippen LogP) is 3.84. The first-order valence-electron chi connectivity index (χ1n) is 11.9.